The molecule has 0 fully saturated rings. The third-order valence-electron chi connectivity index (χ3n) is 2.50. The van der Waals surface area contributed by atoms with Crippen LogP contribution in [0.25, 0.3) is 0 Å². The Hall–Kier alpha value is -1.75. The highest BCUT2D eigenvalue weighted by atomic mass is 32.2. The number of carbonyl (C=O) groups excluding carboxylic acids is 1. The summed E-state index contributed by atoms with van der Waals surface area (Å²) in [6, 6.07) is 7.98. The van der Waals surface area contributed by atoms with Crippen molar-refractivity contribution in [1.82, 2.24) is 5.32 Å². The number of hydrogen-bond acceptors (Lipinski definition) is 3. The maximum absolute atomic E-state index is 12.7. The molecule has 0 radical (unpaired) electrons. The predicted molar refractivity (Wildman–Crippen MR) is 72.5 cm³/mol. The van der Waals surface area contributed by atoms with Crippen molar-refractivity contribution < 1.29 is 13.6 Å². The van der Waals surface area contributed by atoms with Crippen LogP contribution in [0.4, 0.5) is 4.39 Å². The normalized spacial score (nSPS) is 10.4. The van der Waals surface area contributed by atoms with Gasteiger partial charge in [0.2, 0.25) is 5.91 Å². The smallest absolute Gasteiger partial charge is 0.230 e. The van der Waals surface area contributed by atoms with E-state index >= 15 is 0 Å². The highest BCUT2D eigenvalue weighted by Crippen LogP contribution is 2.17. The molecule has 0 bridgehead atoms. The van der Waals surface area contributed by atoms with E-state index in [0.717, 1.165) is 16.9 Å². The van der Waals surface area contributed by atoms with E-state index in [2.05, 4.69) is 5.32 Å². The van der Waals surface area contributed by atoms with Crippen LogP contribution in [-0.4, -0.2) is 18.2 Å². The molecule has 2 aromatic rings. The van der Waals surface area contributed by atoms with Gasteiger partial charge >= 0.3 is 0 Å². The van der Waals surface area contributed by atoms with Crippen LogP contribution < -0.4 is 5.32 Å². The number of benzene rings is 1. The quantitative estimate of drug-likeness (QED) is 0.827. The number of halogens is 1. The molecule has 0 saturated heterocycles. The maximum Gasteiger partial charge on any atom is 0.230 e. The molecular formula is C14H14FNO2S. The molecule has 0 aliphatic heterocycles. The molecule has 5 heteroatoms. The van der Waals surface area contributed by atoms with Gasteiger partial charge in [-0.15, -0.1) is 11.8 Å². The van der Waals surface area contributed by atoms with E-state index < -0.39 is 0 Å². The SMILES string of the molecule is O=C(CSc1ccc(F)cc1)NCCc1ccoc1. The van der Waals surface area contributed by atoms with E-state index in [0.29, 0.717) is 12.3 Å². The number of furan rings is 1. The summed E-state index contributed by atoms with van der Waals surface area (Å²) in [6.07, 6.45) is 4.03. The summed E-state index contributed by atoms with van der Waals surface area (Å²) in [7, 11) is 0. The van der Waals surface area contributed by atoms with Crippen molar-refractivity contribution in [3.8, 4) is 0 Å². The average molecular weight is 279 g/mol. The van der Waals surface area contributed by atoms with Gasteiger partial charge in [0.15, 0.2) is 0 Å². The Balaban J connectivity index is 1.65. The zero-order valence-electron chi connectivity index (χ0n) is 10.3. The van der Waals surface area contributed by atoms with Crippen molar-refractivity contribution in [3.63, 3.8) is 0 Å². The largest absolute Gasteiger partial charge is 0.472 e. The first kappa shape index (κ1) is 13.7. The van der Waals surface area contributed by atoms with Gasteiger partial charge in [-0.05, 0) is 42.3 Å². The van der Waals surface area contributed by atoms with Gasteiger partial charge in [-0.3, -0.25) is 4.79 Å². The van der Waals surface area contributed by atoms with Crippen molar-refractivity contribution in [2.45, 2.75) is 11.3 Å². The highest BCUT2D eigenvalue weighted by molar-refractivity contribution is 8.00. The fourth-order valence-electron chi connectivity index (χ4n) is 1.51. The molecule has 0 unspecified atom stereocenters. The maximum atomic E-state index is 12.7. The van der Waals surface area contributed by atoms with Crippen molar-refractivity contribution in [2.75, 3.05) is 12.3 Å². The molecule has 19 heavy (non-hydrogen) atoms. The molecule has 0 aliphatic rings. The van der Waals surface area contributed by atoms with Crippen molar-refractivity contribution in [3.05, 3.63) is 54.2 Å². The first-order valence-corrected chi connectivity index (χ1v) is 6.89. The Kier molecular flexibility index (Phi) is 5.03. The zero-order chi connectivity index (χ0) is 13.5. The Morgan fingerprint density at radius 1 is 1.26 bits per heavy atom. The monoisotopic (exact) mass is 279 g/mol. The molecule has 3 nitrogen and oxygen atoms in total. The van der Waals surface area contributed by atoms with Crippen molar-refractivity contribution in [1.29, 1.82) is 0 Å². The second-order valence-electron chi connectivity index (χ2n) is 3.97. The van der Waals surface area contributed by atoms with Crippen LogP contribution >= 0.6 is 11.8 Å². The Morgan fingerprint density at radius 3 is 2.74 bits per heavy atom. The molecule has 1 aromatic heterocycles. The van der Waals surface area contributed by atoms with Gasteiger partial charge in [0.1, 0.15) is 5.82 Å². The summed E-state index contributed by atoms with van der Waals surface area (Å²) in [6.45, 7) is 0.586. The summed E-state index contributed by atoms with van der Waals surface area (Å²) >= 11 is 1.39. The lowest BCUT2D eigenvalue weighted by molar-refractivity contribution is -0.118. The van der Waals surface area contributed by atoms with E-state index in [9.17, 15) is 9.18 Å². The second kappa shape index (κ2) is 6.99. The summed E-state index contributed by atoms with van der Waals surface area (Å²) < 4.78 is 17.6. The molecule has 0 aliphatic carbocycles. The Labute approximate surface area is 115 Å². The number of amides is 1. The van der Waals surface area contributed by atoms with Gasteiger partial charge in [0.05, 0.1) is 18.3 Å². The van der Waals surface area contributed by atoms with Gasteiger partial charge in [-0.1, -0.05) is 0 Å². The number of nitrogens with one attached hydrogen (secondary N) is 1. The van der Waals surface area contributed by atoms with Gasteiger partial charge in [-0.25, -0.2) is 4.39 Å². The fourth-order valence-corrected chi connectivity index (χ4v) is 2.24. The third-order valence-corrected chi connectivity index (χ3v) is 3.51. The van der Waals surface area contributed by atoms with E-state index in [1.165, 1.54) is 23.9 Å². The summed E-state index contributed by atoms with van der Waals surface area (Å²) in [5, 5.41) is 2.83. The van der Waals surface area contributed by atoms with E-state index in [4.69, 9.17) is 4.42 Å². The van der Waals surface area contributed by atoms with E-state index in [1.807, 2.05) is 6.07 Å². The highest BCUT2D eigenvalue weighted by Gasteiger charge is 2.03. The second-order valence-corrected chi connectivity index (χ2v) is 5.02. The molecule has 0 saturated carbocycles. The molecule has 1 heterocycles. The van der Waals surface area contributed by atoms with Crippen LogP contribution in [0.5, 0.6) is 0 Å². The fraction of sp³-hybridized carbons (Fsp3) is 0.214. The third kappa shape index (κ3) is 4.79. The number of hydrogen-bond donors (Lipinski definition) is 1. The number of thioether (sulfide) groups is 1. The molecule has 1 N–H and O–H groups in total. The van der Waals surface area contributed by atoms with Crippen LogP contribution in [0.1, 0.15) is 5.56 Å². The summed E-state index contributed by atoms with van der Waals surface area (Å²) in [5.74, 6) is 0.0311. The zero-order valence-corrected chi connectivity index (χ0v) is 11.1. The van der Waals surface area contributed by atoms with Gasteiger partial charge in [-0.2, -0.15) is 0 Å². The number of rotatable bonds is 6. The lowest BCUT2D eigenvalue weighted by atomic mass is 10.2. The van der Waals surface area contributed by atoms with E-state index in [1.54, 1.807) is 24.7 Å². The van der Waals surface area contributed by atoms with Crippen LogP contribution in [0.15, 0.2) is 52.2 Å². The minimum absolute atomic E-state index is 0.0298. The minimum Gasteiger partial charge on any atom is -0.472 e. The van der Waals surface area contributed by atoms with Gasteiger partial charge in [0.25, 0.3) is 0 Å². The Bertz CT molecular complexity index is 511. The lowest BCUT2D eigenvalue weighted by Gasteiger charge is -2.04. The molecular weight excluding hydrogens is 265 g/mol. The first-order valence-electron chi connectivity index (χ1n) is 5.90. The predicted octanol–water partition coefficient (Wildman–Crippen LogP) is 2.87. The summed E-state index contributed by atoms with van der Waals surface area (Å²) in [5.41, 5.74) is 1.06. The Morgan fingerprint density at radius 2 is 2.05 bits per heavy atom. The minimum atomic E-state index is -0.270. The summed E-state index contributed by atoms with van der Waals surface area (Å²) in [4.78, 5) is 12.5. The lowest BCUT2D eigenvalue weighted by Crippen LogP contribution is -2.27. The molecule has 0 atom stereocenters. The molecule has 1 amide bonds. The van der Waals surface area contributed by atoms with Crippen molar-refractivity contribution in [2.24, 2.45) is 0 Å². The van der Waals surface area contributed by atoms with Crippen LogP contribution in [0, 0.1) is 5.82 Å². The van der Waals surface area contributed by atoms with E-state index in [-0.39, 0.29) is 11.7 Å². The van der Waals surface area contributed by atoms with Crippen LogP contribution in [-0.2, 0) is 11.2 Å². The standard InChI is InChI=1S/C14H14FNO2S/c15-12-1-3-13(4-2-12)19-10-14(17)16-7-5-11-6-8-18-9-11/h1-4,6,8-9H,5,7,10H2,(H,16,17). The molecule has 2 rings (SSSR count). The average Bonchev–Trinajstić information content (AvgIpc) is 2.91. The first-order chi connectivity index (χ1) is 9.24. The topological polar surface area (TPSA) is 42.2 Å². The van der Waals surface area contributed by atoms with Crippen molar-refractivity contribution >= 4 is 17.7 Å². The molecule has 1 aromatic carbocycles. The van der Waals surface area contributed by atoms with Gasteiger partial charge < -0.3 is 9.73 Å². The number of carbonyl (C=O) groups is 1. The van der Waals surface area contributed by atoms with Crippen LogP contribution in [0.3, 0.4) is 0 Å². The van der Waals surface area contributed by atoms with Gasteiger partial charge in [0, 0.05) is 11.4 Å². The van der Waals surface area contributed by atoms with Crippen LogP contribution in [0.2, 0.25) is 0 Å². The molecule has 0 spiro atoms. The molecule has 100 valence electrons.